The van der Waals surface area contributed by atoms with Crippen molar-refractivity contribution in [1.29, 1.82) is 0 Å². The molecule has 1 saturated carbocycles. The van der Waals surface area contributed by atoms with E-state index in [-0.39, 0.29) is 5.91 Å². The Hall–Kier alpha value is -1.17. The Kier molecular flexibility index (Phi) is 3.80. The van der Waals surface area contributed by atoms with Crippen molar-refractivity contribution < 1.29 is 9.53 Å². The lowest BCUT2D eigenvalue weighted by Crippen LogP contribution is -2.63. The number of hydrogen-bond acceptors (Lipinski definition) is 4. The van der Waals surface area contributed by atoms with Crippen LogP contribution in [0.2, 0.25) is 5.02 Å². The molecule has 3 aliphatic rings. The van der Waals surface area contributed by atoms with Gasteiger partial charge in [0.2, 0.25) is 0 Å². The number of carbonyl (C=O) groups is 1. The molecule has 0 unspecified atom stereocenters. The predicted octanol–water partition coefficient (Wildman–Crippen LogP) is 1.67. The zero-order valence-corrected chi connectivity index (χ0v) is 13.2. The molecule has 6 heteroatoms. The molecular weight excluding hydrogens is 302 g/mol. The molecule has 0 aromatic carbocycles. The summed E-state index contributed by atoms with van der Waals surface area (Å²) in [5.41, 5.74) is 0.466. The lowest BCUT2D eigenvalue weighted by atomic mass is 10.0. The second-order valence-corrected chi connectivity index (χ2v) is 6.88. The van der Waals surface area contributed by atoms with Gasteiger partial charge in [0.15, 0.2) is 0 Å². The maximum Gasteiger partial charge on any atom is 0.272 e. The van der Waals surface area contributed by atoms with Crippen molar-refractivity contribution in [2.45, 2.75) is 24.9 Å². The molecule has 1 aromatic rings. The van der Waals surface area contributed by atoms with Gasteiger partial charge in [0.25, 0.3) is 5.91 Å². The largest absolute Gasteiger partial charge is 0.378 e. The number of fused-ring (bicyclic) bond motifs is 1. The van der Waals surface area contributed by atoms with Crippen LogP contribution in [0.5, 0.6) is 0 Å². The molecule has 3 heterocycles. The average Bonchev–Trinajstić information content (AvgIpc) is 3.38. The number of aromatic nitrogens is 1. The number of nitrogens with zero attached hydrogens (tertiary/aromatic N) is 3. The summed E-state index contributed by atoms with van der Waals surface area (Å²) < 4.78 is 5.79. The van der Waals surface area contributed by atoms with Gasteiger partial charge in [-0.15, -0.1) is 0 Å². The molecule has 22 heavy (non-hydrogen) atoms. The van der Waals surface area contributed by atoms with Crippen LogP contribution in [0.15, 0.2) is 18.3 Å². The molecule has 0 radical (unpaired) electrons. The Balaban J connectivity index is 1.45. The molecule has 0 bridgehead atoms. The molecule has 2 aliphatic heterocycles. The summed E-state index contributed by atoms with van der Waals surface area (Å²) in [5, 5.41) is 0.550. The number of rotatable bonds is 2. The minimum Gasteiger partial charge on any atom is -0.378 e. The number of amides is 1. The van der Waals surface area contributed by atoms with Crippen molar-refractivity contribution in [1.82, 2.24) is 14.8 Å². The van der Waals surface area contributed by atoms with Crippen molar-refractivity contribution in [3.63, 3.8) is 0 Å². The normalized spacial score (nSPS) is 29.2. The zero-order valence-electron chi connectivity index (χ0n) is 12.4. The van der Waals surface area contributed by atoms with E-state index in [1.54, 1.807) is 12.1 Å². The quantitative estimate of drug-likeness (QED) is 0.831. The van der Waals surface area contributed by atoms with Gasteiger partial charge in [-0.05, 0) is 30.9 Å². The van der Waals surface area contributed by atoms with Gasteiger partial charge in [-0.2, -0.15) is 0 Å². The third-order valence-corrected chi connectivity index (χ3v) is 5.18. The van der Waals surface area contributed by atoms with Gasteiger partial charge in [0.1, 0.15) is 5.69 Å². The minimum absolute atomic E-state index is 0.00939. The van der Waals surface area contributed by atoms with Crippen LogP contribution in [0.25, 0.3) is 0 Å². The molecule has 2 saturated heterocycles. The molecule has 4 rings (SSSR count). The van der Waals surface area contributed by atoms with E-state index in [1.807, 2.05) is 4.90 Å². The van der Waals surface area contributed by atoms with Crippen LogP contribution in [0, 0.1) is 5.92 Å². The van der Waals surface area contributed by atoms with Crippen molar-refractivity contribution >= 4 is 17.5 Å². The Morgan fingerprint density at radius 2 is 2.14 bits per heavy atom. The summed E-state index contributed by atoms with van der Waals surface area (Å²) in [5.74, 6) is 0.799. The van der Waals surface area contributed by atoms with E-state index in [0.29, 0.717) is 22.8 Å². The Morgan fingerprint density at radius 3 is 2.86 bits per heavy atom. The van der Waals surface area contributed by atoms with Gasteiger partial charge in [-0.3, -0.25) is 9.69 Å². The summed E-state index contributed by atoms with van der Waals surface area (Å²) in [4.78, 5) is 21.2. The molecule has 0 spiro atoms. The van der Waals surface area contributed by atoms with Gasteiger partial charge in [-0.25, -0.2) is 4.98 Å². The van der Waals surface area contributed by atoms with Gasteiger partial charge in [0.05, 0.1) is 24.3 Å². The van der Waals surface area contributed by atoms with Gasteiger partial charge >= 0.3 is 0 Å². The molecule has 0 N–H and O–H groups in total. The first-order valence-corrected chi connectivity index (χ1v) is 8.34. The van der Waals surface area contributed by atoms with Crippen LogP contribution < -0.4 is 0 Å². The zero-order chi connectivity index (χ0) is 15.1. The first-order valence-electron chi connectivity index (χ1n) is 7.96. The van der Waals surface area contributed by atoms with Crippen molar-refractivity contribution in [3.8, 4) is 0 Å². The van der Waals surface area contributed by atoms with Gasteiger partial charge in [0, 0.05) is 31.9 Å². The highest BCUT2D eigenvalue weighted by atomic mass is 35.5. The summed E-state index contributed by atoms with van der Waals surface area (Å²) in [6.45, 7) is 4.01. The van der Waals surface area contributed by atoms with Gasteiger partial charge in [-0.1, -0.05) is 11.6 Å². The van der Waals surface area contributed by atoms with E-state index < -0.39 is 0 Å². The number of ether oxygens (including phenoxy) is 1. The lowest BCUT2D eigenvalue weighted by Gasteiger charge is -2.48. The van der Waals surface area contributed by atoms with Crippen LogP contribution in [-0.2, 0) is 4.74 Å². The van der Waals surface area contributed by atoms with Crippen LogP contribution in [0.4, 0.5) is 0 Å². The highest BCUT2D eigenvalue weighted by Gasteiger charge is 2.43. The molecule has 1 aliphatic carbocycles. The fraction of sp³-hybridized carbons (Fsp3) is 0.625. The highest BCUT2D eigenvalue weighted by Crippen LogP contribution is 2.38. The lowest BCUT2D eigenvalue weighted by molar-refractivity contribution is -0.0816. The molecule has 5 nitrogen and oxygen atoms in total. The summed E-state index contributed by atoms with van der Waals surface area (Å²) in [6.07, 6.45) is 4.18. The number of hydrogen-bond donors (Lipinski definition) is 0. The Bertz CT molecular complexity index is 561. The Morgan fingerprint density at radius 1 is 1.27 bits per heavy atom. The molecular formula is C16H20ClN3O2. The first-order chi connectivity index (χ1) is 10.7. The summed E-state index contributed by atoms with van der Waals surface area (Å²) in [7, 11) is 0. The number of piperazine rings is 1. The SMILES string of the molecule is O=C(c1ccc(Cl)cn1)N1CCN2[C@@H](COC[C@@H]2C2CC2)C1. The molecule has 1 amide bonds. The van der Waals surface area contributed by atoms with E-state index in [9.17, 15) is 4.79 Å². The molecule has 2 atom stereocenters. The number of pyridine rings is 1. The van der Waals surface area contributed by atoms with Crippen molar-refractivity contribution in [2.75, 3.05) is 32.8 Å². The smallest absolute Gasteiger partial charge is 0.272 e. The maximum absolute atomic E-state index is 12.6. The molecule has 118 valence electrons. The molecule has 1 aromatic heterocycles. The van der Waals surface area contributed by atoms with E-state index in [1.165, 1.54) is 19.0 Å². The molecule has 3 fully saturated rings. The number of halogens is 1. The third kappa shape index (κ3) is 2.73. The topological polar surface area (TPSA) is 45.7 Å². The van der Waals surface area contributed by atoms with Crippen LogP contribution in [0.1, 0.15) is 23.3 Å². The minimum atomic E-state index is -0.00939. The van der Waals surface area contributed by atoms with E-state index >= 15 is 0 Å². The predicted molar refractivity (Wildman–Crippen MR) is 83.0 cm³/mol. The maximum atomic E-state index is 12.6. The summed E-state index contributed by atoms with van der Waals surface area (Å²) >= 11 is 5.83. The Labute approximate surface area is 135 Å². The number of morpholine rings is 1. The number of carbonyl (C=O) groups excluding carboxylic acids is 1. The second-order valence-electron chi connectivity index (χ2n) is 6.45. The van der Waals surface area contributed by atoms with E-state index in [0.717, 1.165) is 38.8 Å². The van der Waals surface area contributed by atoms with Crippen LogP contribution in [0.3, 0.4) is 0 Å². The van der Waals surface area contributed by atoms with Crippen molar-refractivity contribution in [3.05, 3.63) is 29.0 Å². The fourth-order valence-corrected chi connectivity index (χ4v) is 3.72. The standard InChI is InChI=1S/C16H20ClN3O2/c17-12-3-4-14(18-7-12)16(21)19-5-6-20-13(8-19)9-22-10-15(20)11-1-2-11/h3-4,7,11,13,15H,1-2,5-6,8-10H2/t13-,15-/m1/s1. The summed E-state index contributed by atoms with van der Waals surface area (Å²) in [6, 6.07) is 4.29. The monoisotopic (exact) mass is 321 g/mol. The average molecular weight is 322 g/mol. The van der Waals surface area contributed by atoms with Gasteiger partial charge < -0.3 is 9.64 Å². The third-order valence-electron chi connectivity index (χ3n) is 4.95. The fourth-order valence-electron chi connectivity index (χ4n) is 3.61. The first kappa shape index (κ1) is 14.4. The van der Waals surface area contributed by atoms with Crippen LogP contribution in [-0.4, -0.2) is 65.6 Å². The second kappa shape index (κ2) is 5.80. The highest BCUT2D eigenvalue weighted by molar-refractivity contribution is 6.30. The van der Waals surface area contributed by atoms with E-state index in [4.69, 9.17) is 16.3 Å². The van der Waals surface area contributed by atoms with Crippen molar-refractivity contribution in [2.24, 2.45) is 5.92 Å². The van der Waals surface area contributed by atoms with E-state index in [2.05, 4.69) is 9.88 Å². The van der Waals surface area contributed by atoms with Crippen LogP contribution >= 0.6 is 11.6 Å².